The van der Waals surface area contributed by atoms with Crippen LogP contribution in [0.5, 0.6) is 34.5 Å². The smallest absolute Gasteiger partial charge is 0.239 e. The molecule has 0 amide bonds. The highest BCUT2D eigenvalue weighted by atomic mass is 32.2. The van der Waals surface area contributed by atoms with Gasteiger partial charge in [0.25, 0.3) is 0 Å². The number of thioether (sulfide) groups is 2. The van der Waals surface area contributed by atoms with E-state index in [9.17, 15) is 4.79 Å². The third-order valence-electron chi connectivity index (χ3n) is 6.47. The molecular formula is C29H33NO8S2. The zero-order valence-corrected chi connectivity index (χ0v) is 25.5. The van der Waals surface area contributed by atoms with Gasteiger partial charge in [0.05, 0.1) is 41.6 Å². The Morgan fingerprint density at radius 3 is 2.12 bits per heavy atom. The van der Waals surface area contributed by atoms with Crippen molar-refractivity contribution in [2.75, 3.05) is 48.4 Å². The molecule has 0 aliphatic carbocycles. The van der Waals surface area contributed by atoms with Crippen molar-refractivity contribution in [3.8, 4) is 45.8 Å². The second-order valence-electron chi connectivity index (χ2n) is 8.71. The van der Waals surface area contributed by atoms with Crippen LogP contribution in [0.15, 0.2) is 43.4 Å². The van der Waals surface area contributed by atoms with Crippen LogP contribution in [-0.4, -0.2) is 58.8 Å². The van der Waals surface area contributed by atoms with E-state index in [0.717, 1.165) is 15.7 Å². The maximum Gasteiger partial charge on any atom is 0.239 e. The summed E-state index contributed by atoms with van der Waals surface area (Å²) in [6, 6.07) is 5.15. The fourth-order valence-corrected chi connectivity index (χ4v) is 6.11. The Morgan fingerprint density at radius 1 is 0.925 bits per heavy atom. The van der Waals surface area contributed by atoms with Crippen LogP contribution in [0.3, 0.4) is 0 Å². The van der Waals surface area contributed by atoms with E-state index in [0.29, 0.717) is 39.9 Å². The number of fused-ring (bicyclic) bond motifs is 1. The lowest BCUT2D eigenvalue weighted by Crippen LogP contribution is -2.16. The molecule has 40 heavy (non-hydrogen) atoms. The first kappa shape index (κ1) is 29.5. The van der Waals surface area contributed by atoms with Gasteiger partial charge in [-0.2, -0.15) is 0 Å². The van der Waals surface area contributed by atoms with E-state index in [1.54, 1.807) is 37.1 Å². The lowest BCUT2D eigenvalue weighted by Gasteiger charge is -2.20. The van der Waals surface area contributed by atoms with Crippen molar-refractivity contribution in [2.45, 2.75) is 26.3 Å². The van der Waals surface area contributed by atoms with Gasteiger partial charge in [-0.25, -0.2) is 0 Å². The topological polar surface area (TPSA) is 98.0 Å². The first-order chi connectivity index (χ1) is 19.3. The second kappa shape index (κ2) is 12.8. The molecular weight excluding hydrogens is 554 g/mol. The minimum absolute atomic E-state index is 0.0346. The monoisotopic (exact) mass is 587 g/mol. The Hall–Kier alpha value is -3.44. The van der Waals surface area contributed by atoms with Gasteiger partial charge in [0, 0.05) is 22.1 Å². The molecule has 4 rings (SSSR count). The average Bonchev–Trinajstić information content (AvgIpc) is 2.99. The van der Waals surface area contributed by atoms with E-state index in [4.69, 9.17) is 37.8 Å². The lowest BCUT2D eigenvalue weighted by atomic mass is 10.1. The standard InChI is InChI=1S/C29H33NO8S2/c1-9-17-12-18(40-29(30-17)39-8)14-37-28-24(31)23-20(13-19(32-3)15(2)25(23)35-6)38-26(28)16-10-21(33-4)27(36-7)22(11-16)34-5/h10-13,17H,9,14H2,1-8H3. The van der Waals surface area contributed by atoms with Gasteiger partial charge in [-0.1, -0.05) is 18.7 Å². The number of ether oxygens (including phenoxy) is 6. The van der Waals surface area contributed by atoms with Crippen LogP contribution in [0.4, 0.5) is 0 Å². The second-order valence-corrected chi connectivity index (χ2v) is 10.9. The fourth-order valence-electron chi connectivity index (χ4n) is 4.46. The largest absolute Gasteiger partial charge is 0.496 e. The Morgan fingerprint density at radius 2 is 1.57 bits per heavy atom. The predicted octanol–water partition coefficient (Wildman–Crippen LogP) is 6.32. The number of methoxy groups -OCH3 is 5. The number of aliphatic imine (C=N–C) groups is 1. The van der Waals surface area contributed by atoms with Crippen LogP contribution in [0.2, 0.25) is 0 Å². The zero-order chi connectivity index (χ0) is 29.0. The number of benzene rings is 2. The summed E-state index contributed by atoms with van der Waals surface area (Å²) in [6.45, 7) is 4.06. The van der Waals surface area contributed by atoms with Crippen LogP contribution >= 0.6 is 23.5 Å². The lowest BCUT2D eigenvalue weighted by molar-refractivity contribution is 0.324. The molecule has 0 fully saturated rings. The molecule has 9 nitrogen and oxygen atoms in total. The zero-order valence-electron chi connectivity index (χ0n) is 23.8. The van der Waals surface area contributed by atoms with Gasteiger partial charge >= 0.3 is 0 Å². The summed E-state index contributed by atoms with van der Waals surface area (Å²) in [6.07, 6.45) is 4.93. The molecule has 0 N–H and O–H groups in total. The molecule has 3 aromatic rings. The Kier molecular flexibility index (Phi) is 9.47. The highest BCUT2D eigenvalue weighted by Gasteiger charge is 2.26. The molecule has 1 aliphatic rings. The van der Waals surface area contributed by atoms with Gasteiger partial charge in [-0.15, -0.1) is 11.8 Å². The molecule has 1 unspecified atom stereocenters. The molecule has 214 valence electrons. The molecule has 0 saturated carbocycles. The van der Waals surface area contributed by atoms with Gasteiger partial charge in [0.15, 0.2) is 17.3 Å². The van der Waals surface area contributed by atoms with Crippen molar-refractivity contribution >= 4 is 38.9 Å². The summed E-state index contributed by atoms with van der Waals surface area (Å²) in [5, 5.41) is 0.259. The van der Waals surface area contributed by atoms with Crippen molar-refractivity contribution in [3.05, 3.63) is 45.0 Å². The SMILES string of the molecule is CCC1C=C(COc2c(-c3cc(OC)c(OC)c(OC)c3)oc3cc(OC)c(C)c(OC)c3c2=O)SC(SC)=N1. The summed E-state index contributed by atoms with van der Waals surface area (Å²) in [5.74, 6) is 2.35. The molecule has 11 heteroatoms. The highest BCUT2D eigenvalue weighted by molar-refractivity contribution is 8.40. The Balaban J connectivity index is 1.95. The first-order valence-corrected chi connectivity index (χ1v) is 14.5. The van der Waals surface area contributed by atoms with E-state index in [-0.39, 0.29) is 40.6 Å². The summed E-state index contributed by atoms with van der Waals surface area (Å²) in [4.78, 5) is 19.8. The van der Waals surface area contributed by atoms with Crippen LogP contribution < -0.4 is 33.8 Å². The first-order valence-electron chi connectivity index (χ1n) is 12.5. The molecule has 1 aromatic heterocycles. The maximum atomic E-state index is 14.2. The molecule has 0 spiro atoms. The Bertz CT molecular complexity index is 1500. The van der Waals surface area contributed by atoms with Gasteiger partial charge < -0.3 is 32.8 Å². The summed E-state index contributed by atoms with van der Waals surface area (Å²) >= 11 is 3.12. The van der Waals surface area contributed by atoms with E-state index >= 15 is 0 Å². The molecule has 2 heterocycles. The highest BCUT2D eigenvalue weighted by Crippen LogP contribution is 2.45. The number of hydrogen-bond donors (Lipinski definition) is 0. The van der Waals surface area contributed by atoms with Crippen molar-refractivity contribution in [3.63, 3.8) is 0 Å². The molecule has 2 aromatic carbocycles. The number of nitrogens with zero attached hydrogens (tertiary/aromatic N) is 1. The van der Waals surface area contributed by atoms with Crippen molar-refractivity contribution in [2.24, 2.45) is 4.99 Å². The maximum absolute atomic E-state index is 14.2. The number of rotatable bonds is 10. The molecule has 1 aliphatic heterocycles. The van der Waals surface area contributed by atoms with Crippen LogP contribution in [0.1, 0.15) is 18.9 Å². The van der Waals surface area contributed by atoms with Crippen molar-refractivity contribution in [1.82, 2.24) is 0 Å². The molecule has 1 atom stereocenters. The third-order valence-corrected chi connectivity index (χ3v) is 8.47. The van der Waals surface area contributed by atoms with E-state index < -0.39 is 0 Å². The summed E-state index contributed by atoms with van der Waals surface area (Å²) in [5.41, 5.74) is 1.09. The van der Waals surface area contributed by atoms with E-state index in [1.807, 2.05) is 13.2 Å². The third kappa shape index (κ3) is 5.57. The minimum Gasteiger partial charge on any atom is -0.496 e. The number of hydrogen-bond acceptors (Lipinski definition) is 11. The van der Waals surface area contributed by atoms with Gasteiger partial charge in [-0.05, 0) is 37.8 Å². The van der Waals surface area contributed by atoms with Gasteiger partial charge in [-0.3, -0.25) is 9.79 Å². The molecule has 0 radical (unpaired) electrons. The minimum atomic E-state index is -0.375. The van der Waals surface area contributed by atoms with Gasteiger partial charge in [0.1, 0.15) is 33.5 Å². The molecule has 0 saturated heterocycles. The van der Waals surface area contributed by atoms with Crippen molar-refractivity contribution in [1.29, 1.82) is 0 Å². The van der Waals surface area contributed by atoms with Crippen LogP contribution in [0.25, 0.3) is 22.3 Å². The van der Waals surface area contributed by atoms with E-state index in [1.165, 1.54) is 40.2 Å². The van der Waals surface area contributed by atoms with Gasteiger partial charge in [0.2, 0.25) is 16.9 Å². The van der Waals surface area contributed by atoms with Crippen LogP contribution in [0, 0.1) is 6.92 Å². The quantitative estimate of drug-likeness (QED) is 0.268. The van der Waals surface area contributed by atoms with E-state index in [2.05, 4.69) is 13.0 Å². The molecule has 0 bridgehead atoms. The average molecular weight is 588 g/mol. The fraction of sp³-hybridized carbons (Fsp3) is 0.379. The van der Waals surface area contributed by atoms with Crippen LogP contribution in [-0.2, 0) is 0 Å². The summed E-state index contributed by atoms with van der Waals surface area (Å²) in [7, 11) is 7.63. The normalized spacial score (nSPS) is 14.8. The van der Waals surface area contributed by atoms with Crippen molar-refractivity contribution < 1.29 is 32.8 Å². The predicted molar refractivity (Wildman–Crippen MR) is 162 cm³/mol. The Labute approximate surface area is 241 Å². The summed E-state index contributed by atoms with van der Waals surface area (Å²) < 4.78 is 41.4.